The Morgan fingerprint density at radius 2 is 1.81 bits per heavy atom. The van der Waals surface area contributed by atoms with Gasteiger partial charge in [-0.15, -0.1) is 0 Å². The highest BCUT2D eigenvalue weighted by atomic mass is 16.5. The van der Waals surface area contributed by atoms with Crippen molar-refractivity contribution in [1.29, 1.82) is 0 Å². The van der Waals surface area contributed by atoms with Gasteiger partial charge in [0.05, 0.1) is 26.4 Å². The molecule has 5 heteroatoms. The first-order chi connectivity index (χ1) is 7.81. The first kappa shape index (κ1) is 15.3. The lowest BCUT2D eigenvalue weighted by Gasteiger charge is -2.06. The zero-order chi connectivity index (χ0) is 12.1. The van der Waals surface area contributed by atoms with E-state index < -0.39 is 0 Å². The van der Waals surface area contributed by atoms with E-state index in [-0.39, 0.29) is 12.5 Å². The van der Waals surface area contributed by atoms with Crippen LogP contribution >= 0.6 is 0 Å². The van der Waals surface area contributed by atoms with Crippen LogP contribution in [0.5, 0.6) is 0 Å². The molecule has 1 N–H and O–H groups in total. The minimum atomic E-state index is -0.0645. The van der Waals surface area contributed by atoms with Gasteiger partial charge in [-0.25, -0.2) is 0 Å². The largest absolute Gasteiger partial charge is 0.382 e. The Hall–Kier alpha value is -0.650. The SMILES string of the molecule is CCCCNC(=O)COCCOCCOC. The minimum absolute atomic E-state index is 0.0645. The molecule has 1 amide bonds. The maximum atomic E-state index is 11.2. The molecule has 16 heavy (non-hydrogen) atoms. The summed E-state index contributed by atoms with van der Waals surface area (Å²) in [4.78, 5) is 11.2. The van der Waals surface area contributed by atoms with Gasteiger partial charge >= 0.3 is 0 Å². The molecule has 0 aliphatic heterocycles. The number of nitrogens with one attached hydrogen (secondary N) is 1. The predicted molar refractivity (Wildman–Crippen MR) is 61.4 cm³/mol. The molecule has 0 aliphatic carbocycles. The van der Waals surface area contributed by atoms with Crippen molar-refractivity contribution >= 4 is 5.91 Å². The van der Waals surface area contributed by atoms with Crippen molar-refractivity contribution in [1.82, 2.24) is 5.32 Å². The van der Waals surface area contributed by atoms with E-state index in [0.29, 0.717) is 26.4 Å². The Morgan fingerprint density at radius 1 is 1.12 bits per heavy atom. The van der Waals surface area contributed by atoms with Gasteiger partial charge in [-0.3, -0.25) is 4.79 Å². The maximum absolute atomic E-state index is 11.2. The number of carbonyl (C=O) groups is 1. The minimum Gasteiger partial charge on any atom is -0.382 e. The second-order valence-corrected chi connectivity index (χ2v) is 3.36. The van der Waals surface area contributed by atoms with Gasteiger partial charge in [-0.05, 0) is 6.42 Å². The quantitative estimate of drug-likeness (QED) is 0.530. The van der Waals surface area contributed by atoms with Crippen LogP contribution in [-0.2, 0) is 19.0 Å². The van der Waals surface area contributed by atoms with E-state index in [4.69, 9.17) is 14.2 Å². The molecule has 0 bridgehead atoms. The number of unbranched alkanes of at least 4 members (excludes halogenated alkanes) is 1. The highest BCUT2D eigenvalue weighted by Gasteiger charge is 1.99. The number of hydrogen-bond acceptors (Lipinski definition) is 4. The van der Waals surface area contributed by atoms with E-state index >= 15 is 0 Å². The van der Waals surface area contributed by atoms with Gasteiger partial charge in [0.1, 0.15) is 6.61 Å². The molecule has 0 aromatic carbocycles. The Balaban J connectivity index is 3.09. The van der Waals surface area contributed by atoms with Crippen molar-refractivity contribution in [3.63, 3.8) is 0 Å². The molecule has 0 aromatic rings. The Morgan fingerprint density at radius 3 is 2.50 bits per heavy atom. The van der Waals surface area contributed by atoms with Crippen LogP contribution in [0.25, 0.3) is 0 Å². The van der Waals surface area contributed by atoms with Crippen LogP contribution in [0.2, 0.25) is 0 Å². The molecule has 0 saturated carbocycles. The summed E-state index contributed by atoms with van der Waals surface area (Å²) in [6, 6.07) is 0. The topological polar surface area (TPSA) is 56.8 Å². The molecule has 0 unspecified atom stereocenters. The van der Waals surface area contributed by atoms with Crippen molar-refractivity contribution in [2.45, 2.75) is 19.8 Å². The molecule has 0 rings (SSSR count). The van der Waals surface area contributed by atoms with E-state index in [1.165, 1.54) is 0 Å². The van der Waals surface area contributed by atoms with Crippen LogP contribution in [0.3, 0.4) is 0 Å². The summed E-state index contributed by atoms with van der Waals surface area (Å²) in [7, 11) is 1.63. The van der Waals surface area contributed by atoms with Crippen molar-refractivity contribution in [3.8, 4) is 0 Å². The number of carbonyl (C=O) groups excluding carboxylic acids is 1. The highest BCUT2D eigenvalue weighted by Crippen LogP contribution is 1.83. The summed E-state index contributed by atoms with van der Waals surface area (Å²) in [5, 5.41) is 2.77. The van der Waals surface area contributed by atoms with Gasteiger partial charge in [0.25, 0.3) is 0 Å². The fraction of sp³-hybridized carbons (Fsp3) is 0.909. The lowest BCUT2D eigenvalue weighted by Crippen LogP contribution is -2.29. The molecular weight excluding hydrogens is 210 g/mol. The summed E-state index contributed by atoms with van der Waals surface area (Å²) in [5.41, 5.74) is 0. The molecule has 0 fully saturated rings. The Labute approximate surface area is 97.4 Å². The Kier molecular flexibility index (Phi) is 11.9. The third-order valence-corrected chi connectivity index (χ3v) is 1.89. The zero-order valence-electron chi connectivity index (χ0n) is 10.3. The molecule has 0 spiro atoms. The molecule has 5 nitrogen and oxygen atoms in total. The smallest absolute Gasteiger partial charge is 0.245 e. The van der Waals surface area contributed by atoms with Gasteiger partial charge in [0.15, 0.2) is 0 Å². The van der Waals surface area contributed by atoms with Gasteiger partial charge in [-0.2, -0.15) is 0 Å². The predicted octanol–water partition coefficient (Wildman–Crippen LogP) is 0.582. The van der Waals surface area contributed by atoms with Crippen LogP contribution < -0.4 is 5.32 Å². The molecule has 0 aliphatic rings. The van der Waals surface area contributed by atoms with Crippen molar-refractivity contribution in [2.75, 3.05) is 46.7 Å². The standard InChI is InChI=1S/C11H23NO4/c1-3-4-5-12-11(13)10-16-9-8-15-7-6-14-2/h3-10H2,1-2H3,(H,12,13). The van der Waals surface area contributed by atoms with Gasteiger partial charge < -0.3 is 19.5 Å². The molecule has 96 valence electrons. The average Bonchev–Trinajstić information content (AvgIpc) is 2.28. The lowest BCUT2D eigenvalue weighted by molar-refractivity contribution is -0.126. The summed E-state index contributed by atoms with van der Waals surface area (Å²) in [5.74, 6) is -0.0645. The van der Waals surface area contributed by atoms with E-state index in [1.54, 1.807) is 7.11 Å². The number of hydrogen-bond donors (Lipinski definition) is 1. The third-order valence-electron chi connectivity index (χ3n) is 1.89. The number of ether oxygens (including phenoxy) is 3. The van der Waals surface area contributed by atoms with E-state index in [2.05, 4.69) is 12.2 Å². The maximum Gasteiger partial charge on any atom is 0.245 e. The second kappa shape index (κ2) is 12.4. The van der Waals surface area contributed by atoms with E-state index in [0.717, 1.165) is 19.4 Å². The fourth-order valence-electron chi connectivity index (χ4n) is 0.983. The number of rotatable bonds is 11. The monoisotopic (exact) mass is 233 g/mol. The fourth-order valence-corrected chi connectivity index (χ4v) is 0.983. The van der Waals surface area contributed by atoms with Crippen LogP contribution in [0.1, 0.15) is 19.8 Å². The lowest BCUT2D eigenvalue weighted by atomic mass is 10.3. The summed E-state index contributed by atoms with van der Waals surface area (Å²) >= 11 is 0. The van der Waals surface area contributed by atoms with Crippen molar-refractivity contribution in [2.24, 2.45) is 0 Å². The van der Waals surface area contributed by atoms with Crippen molar-refractivity contribution in [3.05, 3.63) is 0 Å². The molecule has 0 saturated heterocycles. The average molecular weight is 233 g/mol. The molecule has 0 radical (unpaired) electrons. The van der Waals surface area contributed by atoms with Crippen molar-refractivity contribution < 1.29 is 19.0 Å². The van der Waals surface area contributed by atoms with Crippen LogP contribution in [-0.4, -0.2) is 52.6 Å². The zero-order valence-corrected chi connectivity index (χ0v) is 10.3. The first-order valence-corrected chi connectivity index (χ1v) is 5.72. The van der Waals surface area contributed by atoms with Gasteiger partial charge in [0.2, 0.25) is 5.91 Å². The molecule has 0 heterocycles. The molecule has 0 aromatic heterocycles. The number of methoxy groups -OCH3 is 1. The molecular formula is C11H23NO4. The third kappa shape index (κ3) is 11.4. The van der Waals surface area contributed by atoms with Crippen LogP contribution in [0.15, 0.2) is 0 Å². The van der Waals surface area contributed by atoms with Crippen LogP contribution in [0.4, 0.5) is 0 Å². The van der Waals surface area contributed by atoms with Gasteiger partial charge in [-0.1, -0.05) is 13.3 Å². The Bertz CT molecular complexity index is 164. The van der Waals surface area contributed by atoms with E-state index in [1.807, 2.05) is 0 Å². The van der Waals surface area contributed by atoms with Crippen LogP contribution in [0, 0.1) is 0 Å². The summed E-state index contributed by atoms with van der Waals surface area (Å²) < 4.78 is 15.1. The normalized spacial score (nSPS) is 10.4. The number of amides is 1. The van der Waals surface area contributed by atoms with Gasteiger partial charge in [0, 0.05) is 13.7 Å². The molecule has 0 atom stereocenters. The first-order valence-electron chi connectivity index (χ1n) is 5.72. The second-order valence-electron chi connectivity index (χ2n) is 3.36. The summed E-state index contributed by atoms with van der Waals surface area (Å²) in [6.07, 6.45) is 2.08. The van der Waals surface area contributed by atoms with E-state index in [9.17, 15) is 4.79 Å². The summed E-state index contributed by atoms with van der Waals surface area (Å²) in [6.45, 7) is 4.98. The highest BCUT2D eigenvalue weighted by molar-refractivity contribution is 5.77.